The largest absolute Gasteiger partial charge is 0.463 e. The number of carbonyl (C=O) groups is 1. The van der Waals surface area contributed by atoms with E-state index in [2.05, 4.69) is 0 Å². The molecule has 11 heteroatoms. The molecule has 1 rings (SSSR count). The second-order valence-electron chi connectivity index (χ2n) is 3.71. The summed E-state index contributed by atoms with van der Waals surface area (Å²) in [6, 6.07) is 1.54. The van der Waals surface area contributed by atoms with Crippen molar-refractivity contribution in [1.29, 1.82) is 0 Å². The zero-order chi connectivity index (χ0) is 16.6. The molecule has 1 amide bonds. The fraction of sp³-hybridized carbons (Fsp3) is 0.300. The summed E-state index contributed by atoms with van der Waals surface area (Å²) in [5, 5.41) is 0.462. The first-order chi connectivity index (χ1) is 9.26. The van der Waals surface area contributed by atoms with Crippen molar-refractivity contribution >= 4 is 23.2 Å². The van der Waals surface area contributed by atoms with Crippen LogP contribution in [-0.2, 0) is 11.0 Å². The highest BCUT2D eigenvalue weighted by Crippen LogP contribution is 2.39. The van der Waals surface area contributed by atoms with Gasteiger partial charge in [0, 0.05) is 5.02 Å². The van der Waals surface area contributed by atoms with Crippen molar-refractivity contribution in [3.8, 4) is 0 Å². The Morgan fingerprint density at radius 2 is 1.52 bits per heavy atom. The van der Waals surface area contributed by atoms with E-state index in [4.69, 9.17) is 11.6 Å². The number of carbonyl (C=O) groups excluding carboxylic acids is 1. The fourth-order valence-corrected chi connectivity index (χ4v) is 1.36. The summed E-state index contributed by atoms with van der Waals surface area (Å²) in [7, 11) is 0. The van der Waals surface area contributed by atoms with Crippen LogP contribution in [0.25, 0.3) is 0 Å². The normalized spacial score (nSPS) is 13.2. The first kappa shape index (κ1) is 17.5. The predicted octanol–water partition coefficient (Wildman–Crippen LogP) is 4.49. The Balaban J connectivity index is 3.18. The van der Waals surface area contributed by atoms with Crippen LogP contribution in [0.3, 0.4) is 0 Å². The van der Waals surface area contributed by atoms with E-state index in [9.17, 15) is 39.9 Å². The molecule has 21 heavy (non-hydrogen) atoms. The van der Waals surface area contributed by atoms with Gasteiger partial charge in [0.25, 0.3) is 0 Å². The van der Waals surface area contributed by atoms with Crippen LogP contribution in [-0.4, -0.2) is 18.0 Å². The van der Waals surface area contributed by atoms with E-state index in [-0.39, 0.29) is 6.07 Å². The summed E-state index contributed by atoms with van der Waals surface area (Å²) in [4.78, 5) is 10.9. The van der Waals surface area contributed by atoms with E-state index in [1.807, 2.05) is 0 Å². The lowest BCUT2D eigenvalue weighted by molar-refractivity contribution is -0.267. The van der Waals surface area contributed by atoms with Crippen molar-refractivity contribution in [2.75, 3.05) is 5.32 Å². The predicted molar refractivity (Wildman–Crippen MR) is 56.1 cm³/mol. The number of anilines is 1. The van der Waals surface area contributed by atoms with Crippen molar-refractivity contribution in [3.05, 3.63) is 28.8 Å². The lowest BCUT2D eigenvalue weighted by Gasteiger charge is -2.20. The van der Waals surface area contributed by atoms with Gasteiger partial charge in [0.1, 0.15) is 0 Å². The van der Waals surface area contributed by atoms with Gasteiger partial charge in [0.15, 0.2) is 0 Å². The van der Waals surface area contributed by atoms with Crippen LogP contribution in [0.1, 0.15) is 5.56 Å². The number of benzene rings is 1. The third-order valence-electron chi connectivity index (χ3n) is 2.18. The van der Waals surface area contributed by atoms with Crippen molar-refractivity contribution in [3.63, 3.8) is 0 Å². The Morgan fingerprint density at radius 3 is 1.95 bits per heavy atom. The summed E-state index contributed by atoms with van der Waals surface area (Å²) in [5.41, 5.74) is -2.91. The van der Waals surface area contributed by atoms with Crippen molar-refractivity contribution in [2.24, 2.45) is 0 Å². The van der Waals surface area contributed by atoms with E-state index in [0.717, 1.165) is 11.4 Å². The Bertz CT molecular complexity index is 551. The second kappa shape index (κ2) is 5.32. The molecule has 0 spiro atoms. The monoisotopic (exact) mass is 341 g/mol. The minimum atomic E-state index is -6.23. The van der Waals surface area contributed by atoms with E-state index in [0.29, 0.717) is 6.07 Å². The smallest absolute Gasteiger partial charge is 0.320 e. The van der Waals surface area contributed by atoms with E-state index in [1.165, 1.54) is 0 Å². The van der Waals surface area contributed by atoms with Gasteiger partial charge in [-0.15, -0.1) is 0 Å². The van der Waals surface area contributed by atoms with Gasteiger partial charge in [-0.05, 0) is 18.2 Å². The Kier molecular flexibility index (Phi) is 4.42. The summed E-state index contributed by atoms with van der Waals surface area (Å²) in [6.07, 6.45) is -11.3. The molecule has 0 aliphatic rings. The third-order valence-corrected chi connectivity index (χ3v) is 2.41. The molecule has 2 nitrogen and oxygen atoms in total. The first-order valence-electron chi connectivity index (χ1n) is 4.89. The summed E-state index contributed by atoms with van der Waals surface area (Å²) in [6.45, 7) is 0. The molecule has 0 aliphatic carbocycles. The molecule has 0 saturated heterocycles. The minimum Gasteiger partial charge on any atom is -0.320 e. The molecule has 0 bridgehead atoms. The molecule has 0 aliphatic heterocycles. The van der Waals surface area contributed by atoms with E-state index >= 15 is 0 Å². The molecule has 1 aromatic carbocycles. The lowest BCUT2D eigenvalue weighted by Crippen LogP contribution is -2.47. The highest BCUT2D eigenvalue weighted by molar-refractivity contribution is 6.30. The van der Waals surface area contributed by atoms with Crippen molar-refractivity contribution in [2.45, 2.75) is 18.3 Å². The molecule has 0 saturated carbocycles. The van der Waals surface area contributed by atoms with Crippen LogP contribution < -0.4 is 5.32 Å². The Hall–Kier alpha value is -1.58. The molecule has 118 valence electrons. The molecular weight excluding hydrogens is 338 g/mol. The summed E-state index contributed by atoms with van der Waals surface area (Å²) < 4.78 is 98.9. The Morgan fingerprint density at radius 1 is 1.00 bits per heavy atom. The standard InChI is InChI=1S/C10H4ClF8NO/c11-4-1-2-6(5(3-4)9(14,15)16)20-7(21)8(12,13)10(17,18)19/h1-3H,(H,20,21). The summed E-state index contributed by atoms with van der Waals surface area (Å²) in [5.74, 6) is -8.77. The zero-order valence-corrected chi connectivity index (χ0v) is 10.3. The van der Waals surface area contributed by atoms with Crippen LogP contribution in [0.2, 0.25) is 5.02 Å². The average molecular weight is 342 g/mol. The molecular formula is C10H4ClF8NO. The van der Waals surface area contributed by atoms with Crippen LogP contribution >= 0.6 is 11.6 Å². The van der Waals surface area contributed by atoms with Crippen LogP contribution in [0.4, 0.5) is 40.8 Å². The van der Waals surface area contributed by atoms with Crippen LogP contribution in [0.15, 0.2) is 18.2 Å². The van der Waals surface area contributed by atoms with Gasteiger partial charge in [-0.3, -0.25) is 4.79 Å². The van der Waals surface area contributed by atoms with E-state index in [1.54, 1.807) is 0 Å². The first-order valence-corrected chi connectivity index (χ1v) is 5.27. The van der Waals surface area contributed by atoms with E-state index < -0.39 is 40.5 Å². The van der Waals surface area contributed by atoms with Crippen molar-refractivity contribution in [1.82, 2.24) is 0 Å². The molecule has 1 aromatic rings. The Labute approximate surface area is 116 Å². The second-order valence-corrected chi connectivity index (χ2v) is 4.15. The number of nitrogens with one attached hydrogen (secondary N) is 1. The van der Waals surface area contributed by atoms with Crippen LogP contribution in [0, 0.1) is 0 Å². The fourth-order valence-electron chi connectivity index (χ4n) is 1.19. The lowest BCUT2D eigenvalue weighted by atomic mass is 10.1. The maximum Gasteiger partial charge on any atom is 0.463 e. The molecule has 0 unspecified atom stereocenters. The molecule has 0 fully saturated rings. The number of amides is 1. The number of hydrogen-bond acceptors (Lipinski definition) is 1. The molecule has 0 radical (unpaired) electrons. The molecule has 0 atom stereocenters. The minimum absolute atomic E-state index is 0.281. The van der Waals surface area contributed by atoms with Gasteiger partial charge in [-0.2, -0.15) is 35.1 Å². The van der Waals surface area contributed by atoms with Gasteiger partial charge < -0.3 is 5.32 Å². The number of rotatable bonds is 2. The van der Waals surface area contributed by atoms with Gasteiger partial charge in [0.05, 0.1) is 11.3 Å². The summed E-state index contributed by atoms with van der Waals surface area (Å²) >= 11 is 5.28. The average Bonchev–Trinajstić information content (AvgIpc) is 2.28. The van der Waals surface area contributed by atoms with Gasteiger partial charge in [0.2, 0.25) is 0 Å². The molecule has 0 aromatic heterocycles. The third kappa shape index (κ3) is 3.74. The van der Waals surface area contributed by atoms with Crippen molar-refractivity contribution < 1.29 is 39.9 Å². The molecule has 1 N–H and O–H groups in total. The van der Waals surface area contributed by atoms with Gasteiger partial charge in [-0.1, -0.05) is 11.6 Å². The van der Waals surface area contributed by atoms with Crippen LogP contribution in [0.5, 0.6) is 0 Å². The number of hydrogen-bond donors (Lipinski definition) is 1. The quantitative estimate of drug-likeness (QED) is 0.789. The highest BCUT2D eigenvalue weighted by atomic mass is 35.5. The highest BCUT2D eigenvalue weighted by Gasteiger charge is 2.63. The maximum atomic E-state index is 12.7. The SMILES string of the molecule is O=C(Nc1ccc(Cl)cc1C(F)(F)F)C(F)(F)C(F)(F)F. The topological polar surface area (TPSA) is 29.1 Å². The number of halogens is 9. The zero-order valence-electron chi connectivity index (χ0n) is 9.54. The van der Waals surface area contributed by atoms with Gasteiger partial charge >= 0.3 is 24.2 Å². The molecule has 0 heterocycles. The maximum absolute atomic E-state index is 12.7. The number of alkyl halides is 8. The van der Waals surface area contributed by atoms with Gasteiger partial charge in [-0.25, -0.2) is 0 Å².